The maximum Gasteiger partial charge on any atom is 0.344 e. The van der Waals surface area contributed by atoms with Crippen molar-refractivity contribution in [1.29, 1.82) is 0 Å². The molecular weight excluding hydrogens is 439 g/mol. The van der Waals surface area contributed by atoms with Crippen LogP contribution in [-0.4, -0.2) is 56.2 Å². The molecule has 0 N–H and O–H groups in total. The van der Waals surface area contributed by atoms with Crippen LogP contribution in [0.15, 0.2) is 46.9 Å². The number of para-hydroxylation sites is 1. The number of carbonyl (C=O) groups excluding carboxylic acids is 2. The summed E-state index contributed by atoms with van der Waals surface area (Å²) in [4.78, 5) is 28.1. The molecule has 0 spiro atoms. The Kier molecular flexibility index (Phi) is 6.38. The Hall–Kier alpha value is -3.55. The van der Waals surface area contributed by atoms with Gasteiger partial charge in [0.25, 0.3) is 5.91 Å². The van der Waals surface area contributed by atoms with Gasteiger partial charge in [-0.25, -0.2) is 9.18 Å². The lowest BCUT2D eigenvalue weighted by molar-refractivity contribution is -0.153. The Morgan fingerprint density at radius 3 is 2.59 bits per heavy atom. The molecule has 0 bridgehead atoms. The maximum atomic E-state index is 14.0. The molecule has 7 nitrogen and oxygen atoms in total. The van der Waals surface area contributed by atoms with E-state index in [9.17, 15) is 14.0 Å². The molecule has 2 aromatic carbocycles. The van der Waals surface area contributed by atoms with Crippen LogP contribution in [0.1, 0.15) is 24.2 Å². The number of hydrogen-bond acceptors (Lipinski definition) is 6. The minimum atomic E-state index is -0.604. The molecule has 2 heterocycles. The first-order chi connectivity index (χ1) is 16.6. The zero-order chi connectivity index (χ0) is 23.5. The van der Waals surface area contributed by atoms with Gasteiger partial charge in [-0.15, -0.1) is 0 Å². The van der Waals surface area contributed by atoms with Gasteiger partial charge in [0, 0.05) is 43.5 Å². The van der Waals surface area contributed by atoms with Gasteiger partial charge in [0.1, 0.15) is 22.9 Å². The lowest BCUT2D eigenvalue weighted by Gasteiger charge is -2.36. The molecule has 0 radical (unpaired) electrons. The monoisotopic (exact) mass is 466 g/mol. The van der Waals surface area contributed by atoms with Gasteiger partial charge >= 0.3 is 5.97 Å². The van der Waals surface area contributed by atoms with E-state index in [-0.39, 0.29) is 24.9 Å². The Labute approximate surface area is 197 Å². The summed E-state index contributed by atoms with van der Waals surface area (Å²) in [5.41, 5.74) is 2.60. The van der Waals surface area contributed by atoms with Crippen LogP contribution in [0.25, 0.3) is 11.0 Å². The zero-order valence-electron chi connectivity index (χ0n) is 18.9. The Morgan fingerprint density at radius 1 is 0.971 bits per heavy atom. The minimum absolute atomic E-state index is 0.270. The summed E-state index contributed by atoms with van der Waals surface area (Å²) in [6.45, 7) is 1.30. The van der Waals surface area contributed by atoms with Crippen LogP contribution < -0.4 is 9.64 Å². The summed E-state index contributed by atoms with van der Waals surface area (Å²) in [5, 5.41) is 1.03. The maximum absolute atomic E-state index is 14.0. The largest absolute Gasteiger partial charge is 0.482 e. The molecule has 0 saturated carbocycles. The minimum Gasteiger partial charge on any atom is -0.482 e. The van der Waals surface area contributed by atoms with Crippen LogP contribution in [0.3, 0.4) is 0 Å². The number of benzene rings is 2. The second kappa shape index (κ2) is 9.75. The molecular formula is C26H27FN2O5. The van der Waals surface area contributed by atoms with Gasteiger partial charge in [-0.05, 0) is 49.6 Å². The van der Waals surface area contributed by atoms with Crippen molar-refractivity contribution in [2.75, 3.05) is 44.3 Å². The first-order valence-corrected chi connectivity index (χ1v) is 11.7. The van der Waals surface area contributed by atoms with Crippen LogP contribution in [0.5, 0.6) is 5.75 Å². The number of carbonyl (C=O) groups is 2. The standard InChI is InChI=1S/C26H27FN2O5/c27-21-6-2-3-7-22(21)28-11-13-29(14-12-28)25(30)16-33-26(31)17-32-18-9-10-24-20(15-18)19-5-1-4-8-23(19)34-24/h2-3,6-7,9-10,15H,1,4-5,8,11-14,16-17H2. The second-order valence-corrected chi connectivity index (χ2v) is 8.64. The molecule has 1 aliphatic carbocycles. The van der Waals surface area contributed by atoms with Gasteiger partial charge in [-0.1, -0.05) is 12.1 Å². The van der Waals surface area contributed by atoms with Crippen molar-refractivity contribution in [1.82, 2.24) is 4.90 Å². The van der Waals surface area contributed by atoms with Crippen molar-refractivity contribution in [3.05, 3.63) is 59.6 Å². The molecule has 2 aliphatic rings. The molecule has 1 amide bonds. The summed E-state index contributed by atoms with van der Waals surface area (Å²) >= 11 is 0. The van der Waals surface area contributed by atoms with Gasteiger partial charge in [-0.3, -0.25) is 4.79 Å². The highest BCUT2D eigenvalue weighted by Crippen LogP contribution is 2.34. The van der Waals surface area contributed by atoms with Crippen LogP contribution in [0.2, 0.25) is 0 Å². The fourth-order valence-corrected chi connectivity index (χ4v) is 4.65. The fraction of sp³-hybridized carbons (Fsp3) is 0.385. The van der Waals surface area contributed by atoms with E-state index in [0.29, 0.717) is 37.6 Å². The molecule has 1 aliphatic heterocycles. The Bertz CT molecular complexity index is 1200. The van der Waals surface area contributed by atoms with Crippen LogP contribution >= 0.6 is 0 Å². The third-order valence-electron chi connectivity index (χ3n) is 6.47. The number of anilines is 1. The van der Waals surface area contributed by atoms with Gasteiger partial charge < -0.3 is 23.7 Å². The predicted octanol–water partition coefficient (Wildman–Crippen LogP) is 3.72. The van der Waals surface area contributed by atoms with Gasteiger partial charge in [0.05, 0.1) is 5.69 Å². The molecule has 3 aromatic rings. The highest BCUT2D eigenvalue weighted by molar-refractivity contribution is 5.84. The van der Waals surface area contributed by atoms with E-state index >= 15 is 0 Å². The molecule has 0 unspecified atom stereocenters. The normalized spacial score (nSPS) is 15.8. The van der Waals surface area contributed by atoms with Crippen LogP contribution in [-0.2, 0) is 27.2 Å². The lowest BCUT2D eigenvalue weighted by atomic mass is 9.96. The number of piperazine rings is 1. The molecule has 1 saturated heterocycles. The quantitative estimate of drug-likeness (QED) is 0.516. The number of nitrogens with zero attached hydrogens (tertiary/aromatic N) is 2. The SMILES string of the molecule is O=C(COc1ccc2oc3c(c2c1)CCCC3)OCC(=O)N1CCN(c2ccccc2F)CC1. The fourth-order valence-electron chi connectivity index (χ4n) is 4.65. The molecule has 34 heavy (non-hydrogen) atoms. The van der Waals surface area contributed by atoms with Crippen LogP contribution in [0.4, 0.5) is 10.1 Å². The number of ether oxygens (including phenoxy) is 2. The summed E-state index contributed by atoms with van der Waals surface area (Å²) in [6, 6.07) is 12.1. The van der Waals surface area contributed by atoms with Crippen molar-refractivity contribution in [2.24, 2.45) is 0 Å². The Morgan fingerprint density at radius 2 is 1.76 bits per heavy atom. The predicted molar refractivity (Wildman–Crippen MR) is 125 cm³/mol. The number of amides is 1. The molecule has 5 rings (SSSR count). The van der Waals surface area contributed by atoms with E-state index in [2.05, 4.69) is 0 Å². The van der Waals surface area contributed by atoms with Crippen molar-refractivity contribution in [2.45, 2.75) is 25.7 Å². The average Bonchev–Trinajstić information content (AvgIpc) is 3.24. The van der Waals surface area contributed by atoms with Gasteiger partial charge in [0.15, 0.2) is 13.2 Å². The van der Waals surface area contributed by atoms with Crippen molar-refractivity contribution in [3.8, 4) is 5.75 Å². The highest BCUT2D eigenvalue weighted by atomic mass is 19.1. The summed E-state index contributed by atoms with van der Waals surface area (Å²) in [5.74, 6) is 0.462. The third kappa shape index (κ3) is 4.71. The number of furan rings is 1. The first kappa shape index (κ1) is 22.3. The second-order valence-electron chi connectivity index (χ2n) is 8.64. The number of fused-ring (bicyclic) bond motifs is 3. The molecule has 1 fully saturated rings. The van der Waals surface area contributed by atoms with E-state index in [1.165, 1.54) is 11.6 Å². The van der Waals surface area contributed by atoms with Gasteiger partial charge in [-0.2, -0.15) is 0 Å². The topological polar surface area (TPSA) is 72.2 Å². The molecule has 8 heteroatoms. The number of esters is 1. The molecule has 0 atom stereocenters. The Balaban J connectivity index is 1.08. The highest BCUT2D eigenvalue weighted by Gasteiger charge is 2.24. The lowest BCUT2D eigenvalue weighted by Crippen LogP contribution is -2.50. The third-order valence-corrected chi connectivity index (χ3v) is 6.47. The van der Waals surface area contributed by atoms with E-state index in [4.69, 9.17) is 13.9 Å². The van der Waals surface area contributed by atoms with Crippen molar-refractivity contribution < 1.29 is 27.9 Å². The number of rotatable bonds is 6. The summed E-state index contributed by atoms with van der Waals surface area (Å²) in [7, 11) is 0. The number of aryl methyl sites for hydroxylation is 2. The van der Waals surface area contributed by atoms with Gasteiger partial charge in [0.2, 0.25) is 0 Å². The van der Waals surface area contributed by atoms with E-state index in [0.717, 1.165) is 42.4 Å². The number of halogens is 1. The number of hydrogen-bond donors (Lipinski definition) is 0. The summed E-state index contributed by atoms with van der Waals surface area (Å²) in [6.07, 6.45) is 4.23. The molecule has 178 valence electrons. The first-order valence-electron chi connectivity index (χ1n) is 11.7. The van der Waals surface area contributed by atoms with E-state index in [1.54, 1.807) is 29.2 Å². The summed E-state index contributed by atoms with van der Waals surface area (Å²) < 4.78 is 30.6. The van der Waals surface area contributed by atoms with Crippen molar-refractivity contribution in [3.63, 3.8) is 0 Å². The average molecular weight is 467 g/mol. The molecule has 1 aromatic heterocycles. The van der Waals surface area contributed by atoms with Crippen LogP contribution in [0, 0.1) is 5.82 Å². The van der Waals surface area contributed by atoms with E-state index < -0.39 is 5.97 Å². The zero-order valence-corrected chi connectivity index (χ0v) is 18.9. The van der Waals surface area contributed by atoms with E-state index in [1.807, 2.05) is 17.0 Å². The smallest absolute Gasteiger partial charge is 0.344 e. The van der Waals surface area contributed by atoms with Crippen molar-refractivity contribution >= 4 is 28.5 Å².